The predicted molar refractivity (Wildman–Crippen MR) is 57.7 cm³/mol. The Morgan fingerprint density at radius 1 is 1.53 bits per heavy atom. The van der Waals surface area contributed by atoms with Gasteiger partial charge in [0, 0.05) is 6.07 Å². The van der Waals surface area contributed by atoms with E-state index in [2.05, 4.69) is 5.32 Å². The highest BCUT2D eigenvalue weighted by Gasteiger charge is 2.13. The van der Waals surface area contributed by atoms with Crippen LogP contribution in [0.4, 0.5) is 0 Å². The number of ether oxygens (including phenoxy) is 1. The Bertz CT molecular complexity index is 374. The van der Waals surface area contributed by atoms with E-state index in [1.54, 1.807) is 13.1 Å². The average Bonchev–Trinajstić information content (AvgIpc) is 2.21. The summed E-state index contributed by atoms with van der Waals surface area (Å²) in [5.41, 5.74) is 1.15. The van der Waals surface area contributed by atoms with E-state index in [-0.39, 0.29) is 18.1 Å². The van der Waals surface area contributed by atoms with E-state index in [0.717, 1.165) is 5.56 Å². The smallest absolute Gasteiger partial charge is 0.180 e. The van der Waals surface area contributed by atoms with Crippen molar-refractivity contribution < 1.29 is 14.6 Å². The van der Waals surface area contributed by atoms with Crippen molar-refractivity contribution in [3.63, 3.8) is 0 Å². The summed E-state index contributed by atoms with van der Waals surface area (Å²) >= 11 is 0. The van der Waals surface area contributed by atoms with Crippen LogP contribution in [0.3, 0.4) is 0 Å². The third-order valence-corrected chi connectivity index (χ3v) is 2.15. The second-order valence-corrected chi connectivity index (χ2v) is 3.29. The summed E-state index contributed by atoms with van der Waals surface area (Å²) < 4.78 is 5.03. The normalized spacial score (nSPS) is 10.1. The Labute approximate surface area is 88.9 Å². The van der Waals surface area contributed by atoms with Gasteiger partial charge in [-0.2, -0.15) is 0 Å². The molecule has 1 aromatic carbocycles. The van der Waals surface area contributed by atoms with E-state index in [9.17, 15) is 9.90 Å². The minimum absolute atomic E-state index is 0.0438. The first-order valence-corrected chi connectivity index (χ1v) is 4.65. The third kappa shape index (κ3) is 2.47. The Morgan fingerprint density at radius 3 is 2.73 bits per heavy atom. The van der Waals surface area contributed by atoms with Crippen LogP contribution in [-0.4, -0.2) is 31.6 Å². The molecule has 15 heavy (non-hydrogen) atoms. The second kappa shape index (κ2) is 4.79. The van der Waals surface area contributed by atoms with E-state index in [4.69, 9.17) is 4.74 Å². The van der Waals surface area contributed by atoms with Gasteiger partial charge in [0.2, 0.25) is 0 Å². The molecular weight excluding hydrogens is 194 g/mol. The summed E-state index contributed by atoms with van der Waals surface area (Å²) in [5.74, 6) is 0.395. The van der Waals surface area contributed by atoms with E-state index < -0.39 is 0 Å². The van der Waals surface area contributed by atoms with Crippen LogP contribution in [0.25, 0.3) is 0 Å². The van der Waals surface area contributed by atoms with Crippen molar-refractivity contribution in [2.75, 3.05) is 20.7 Å². The van der Waals surface area contributed by atoms with Crippen LogP contribution in [0.2, 0.25) is 0 Å². The molecule has 82 valence electrons. The lowest BCUT2D eigenvalue weighted by molar-refractivity contribution is 0.0991. The standard InChI is InChI=1S/C11H15NO3/c1-7-4-8(10(14)6-12-2)9(13)5-11(7)15-3/h4-5,12-13H,6H2,1-3H3. The number of nitrogens with one attached hydrogen (secondary N) is 1. The number of hydrogen-bond acceptors (Lipinski definition) is 4. The fourth-order valence-electron chi connectivity index (χ4n) is 1.38. The van der Waals surface area contributed by atoms with E-state index in [1.807, 2.05) is 6.92 Å². The molecule has 0 radical (unpaired) electrons. The summed E-state index contributed by atoms with van der Waals surface area (Å²) in [6.07, 6.45) is 0. The number of aryl methyl sites for hydroxylation is 1. The largest absolute Gasteiger partial charge is 0.507 e. The molecule has 0 amide bonds. The van der Waals surface area contributed by atoms with E-state index in [0.29, 0.717) is 11.3 Å². The van der Waals surface area contributed by atoms with Gasteiger partial charge in [-0.1, -0.05) is 0 Å². The number of carbonyl (C=O) groups excluding carboxylic acids is 1. The van der Waals surface area contributed by atoms with Gasteiger partial charge in [0.05, 0.1) is 19.2 Å². The van der Waals surface area contributed by atoms with Gasteiger partial charge in [0.1, 0.15) is 11.5 Å². The highest BCUT2D eigenvalue weighted by Crippen LogP contribution is 2.27. The molecule has 1 rings (SSSR count). The van der Waals surface area contributed by atoms with Gasteiger partial charge in [-0.3, -0.25) is 4.79 Å². The van der Waals surface area contributed by atoms with Crippen molar-refractivity contribution in [1.82, 2.24) is 5.32 Å². The topological polar surface area (TPSA) is 58.6 Å². The van der Waals surface area contributed by atoms with Crippen LogP contribution in [0.5, 0.6) is 11.5 Å². The first-order valence-electron chi connectivity index (χ1n) is 4.65. The number of phenols is 1. The molecule has 4 heteroatoms. The molecule has 0 saturated heterocycles. The number of hydrogen-bond donors (Lipinski definition) is 2. The van der Waals surface area contributed by atoms with Crippen molar-refractivity contribution in [3.05, 3.63) is 23.3 Å². The minimum Gasteiger partial charge on any atom is -0.507 e. The maximum absolute atomic E-state index is 11.6. The van der Waals surface area contributed by atoms with Crippen LogP contribution >= 0.6 is 0 Å². The molecule has 0 aromatic heterocycles. The van der Waals surface area contributed by atoms with Gasteiger partial charge >= 0.3 is 0 Å². The summed E-state index contributed by atoms with van der Waals surface area (Å²) in [5, 5.41) is 12.4. The van der Waals surface area contributed by atoms with Gasteiger partial charge < -0.3 is 15.2 Å². The minimum atomic E-state index is -0.138. The molecule has 0 aliphatic carbocycles. The first-order chi connectivity index (χ1) is 7.10. The molecule has 0 aliphatic heterocycles. The molecule has 0 unspecified atom stereocenters. The van der Waals surface area contributed by atoms with Crippen LogP contribution in [0.15, 0.2) is 12.1 Å². The molecule has 4 nitrogen and oxygen atoms in total. The predicted octanol–water partition coefficient (Wildman–Crippen LogP) is 1.11. The number of carbonyl (C=O) groups is 1. The number of rotatable bonds is 4. The average molecular weight is 209 g/mol. The first kappa shape index (κ1) is 11.5. The van der Waals surface area contributed by atoms with Crippen molar-refractivity contribution >= 4 is 5.78 Å². The van der Waals surface area contributed by atoms with E-state index >= 15 is 0 Å². The molecule has 0 heterocycles. The molecule has 0 spiro atoms. The Morgan fingerprint density at radius 2 is 2.20 bits per heavy atom. The quantitative estimate of drug-likeness (QED) is 0.729. The Kier molecular flexibility index (Phi) is 3.68. The molecule has 2 N–H and O–H groups in total. The van der Waals surface area contributed by atoms with Crippen LogP contribution in [0, 0.1) is 6.92 Å². The molecule has 0 aliphatic rings. The van der Waals surface area contributed by atoms with Crippen LogP contribution in [0.1, 0.15) is 15.9 Å². The van der Waals surface area contributed by atoms with Crippen molar-refractivity contribution in [1.29, 1.82) is 0 Å². The zero-order chi connectivity index (χ0) is 11.4. The summed E-state index contributed by atoms with van der Waals surface area (Å²) in [6, 6.07) is 3.09. The lowest BCUT2D eigenvalue weighted by atomic mass is 10.1. The number of ketones is 1. The number of likely N-dealkylation sites (N-methyl/N-ethyl adjacent to an activating group) is 1. The van der Waals surface area contributed by atoms with Crippen molar-refractivity contribution in [2.45, 2.75) is 6.92 Å². The van der Waals surface area contributed by atoms with Crippen LogP contribution in [-0.2, 0) is 0 Å². The van der Waals surface area contributed by atoms with Gasteiger partial charge in [-0.25, -0.2) is 0 Å². The van der Waals surface area contributed by atoms with Crippen LogP contribution < -0.4 is 10.1 Å². The van der Waals surface area contributed by atoms with Gasteiger partial charge in [-0.05, 0) is 25.6 Å². The SMILES string of the molecule is CNCC(=O)c1cc(C)c(OC)cc1O. The van der Waals surface area contributed by atoms with E-state index in [1.165, 1.54) is 13.2 Å². The van der Waals surface area contributed by atoms with Crippen molar-refractivity contribution in [3.8, 4) is 11.5 Å². The zero-order valence-corrected chi connectivity index (χ0v) is 9.13. The second-order valence-electron chi connectivity index (χ2n) is 3.29. The molecule has 0 fully saturated rings. The highest BCUT2D eigenvalue weighted by molar-refractivity contribution is 6.00. The van der Waals surface area contributed by atoms with Crippen molar-refractivity contribution in [2.24, 2.45) is 0 Å². The third-order valence-electron chi connectivity index (χ3n) is 2.15. The fourth-order valence-corrected chi connectivity index (χ4v) is 1.38. The monoisotopic (exact) mass is 209 g/mol. The number of aromatic hydroxyl groups is 1. The molecular formula is C11H15NO3. The van der Waals surface area contributed by atoms with Gasteiger partial charge in [-0.15, -0.1) is 0 Å². The maximum Gasteiger partial charge on any atom is 0.180 e. The number of benzene rings is 1. The summed E-state index contributed by atoms with van der Waals surface area (Å²) in [7, 11) is 3.21. The maximum atomic E-state index is 11.6. The summed E-state index contributed by atoms with van der Waals surface area (Å²) in [6.45, 7) is 2.04. The lowest BCUT2D eigenvalue weighted by Gasteiger charge is -2.09. The van der Waals surface area contributed by atoms with Gasteiger partial charge in [0.25, 0.3) is 0 Å². The molecule has 0 atom stereocenters. The number of methoxy groups -OCH3 is 1. The number of phenolic OH excluding ortho intramolecular Hbond substituents is 1. The Hall–Kier alpha value is -1.55. The molecule has 1 aromatic rings. The van der Waals surface area contributed by atoms with Gasteiger partial charge in [0.15, 0.2) is 5.78 Å². The zero-order valence-electron chi connectivity index (χ0n) is 9.13. The Balaban J connectivity index is 3.10. The molecule has 0 bridgehead atoms. The number of Topliss-reactive ketones (excluding diaryl/α,β-unsaturated/α-hetero) is 1. The lowest BCUT2D eigenvalue weighted by Crippen LogP contribution is -2.18. The highest BCUT2D eigenvalue weighted by atomic mass is 16.5. The fraction of sp³-hybridized carbons (Fsp3) is 0.364. The summed E-state index contributed by atoms with van der Waals surface area (Å²) in [4.78, 5) is 11.6. The molecule has 0 saturated carbocycles.